The molecule has 0 fully saturated rings. The van der Waals surface area contributed by atoms with Crippen LogP contribution in [0.2, 0.25) is 0 Å². The lowest BCUT2D eigenvalue weighted by Crippen LogP contribution is -2.41. The van der Waals surface area contributed by atoms with E-state index in [9.17, 15) is 9.59 Å². The lowest BCUT2D eigenvalue weighted by molar-refractivity contribution is -0.138. The normalized spacial score (nSPS) is 10.2. The maximum atomic E-state index is 12.1. The minimum Gasteiger partial charge on any atom is -0.399 e. The second-order valence-electron chi connectivity index (χ2n) is 4.74. The van der Waals surface area contributed by atoms with Crippen LogP contribution in [0.15, 0.2) is 24.3 Å². The molecule has 1 aromatic rings. The first-order valence-electron chi connectivity index (χ1n) is 6.84. The van der Waals surface area contributed by atoms with Crippen molar-refractivity contribution in [3.63, 3.8) is 0 Å². The molecule has 0 radical (unpaired) electrons. The molecule has 0 heterocycles. The number of likely N-dealkylation sites (N-methyl/N-ethyl adjacent to an activating group) is 2. The fourth-order valence-corrected chi connectivity index (χ4v) is 1.98. The SMILES string of the molecule is CCN(CC)C(=O)CN(C)C(=O)Cc1cccc(N)c1. The standard InChI is InChI=1S/C15H23N3O2/c1-4-18(5-2)15(20)11-17(3)14(19)10-12-7-6-8-13(16)9-12/h6-9H,4-5,10-11,16H2,1-3H3. The van der Waals surface area contributed by atoms with Gasteiger partial charge in [-0.1, -0.05) is 12.1 Å². The molecule has 0 aliphatic carbocycles. The van der Waals surface area contributed by atoms with E-state index in [1.54, 1.807) is 24.1 Å². The van der Waals surface area contributed by atoms with E-state index in [1.807, 2.05) is 26.0 Å². The zero-order chi connectivity index (χ0) is 15.1. The lowest BCUT2D eigenvalue weighted by Gasteiger charge is -2.23. The van der Waals surface area contributed by atoms with Crippen molar-refractivity contribution in [2.45, 2.75) is 20.3 Å². The van der Waals surface area contributed by atoms with Crippen LogP contribution < -0.4 is 5.73 Å². The Hall–Kier alpha value is -2.04. The molecule has 20 heavy (non-hydrogen) atoms. The van der Waals surface area contributed by atoms with Crippen molar-refractivity contribution in [3.8, 4) is 0 Å². The summed E-state index contributed by atoms with van der Waals surface area (Å²) in [5.74, 6) is -0.116. The first kappa shape index (κ1) is 16.0. The molecule has 0 atom stereocenters. The molecule has 1 rings (SSSR count). The number of hydrogen-bond donors (Lipinski definition) is 1. The highest BCUT2D eigenvalue weighted by atomic mass is 16.2. The largest absolute Gasteiger partial charge is 0.399 e. The van der Waals surface area contributed by atoms with Crippen molar-refractivity contribution in [3.05, 3.63) is 29.8 Å². The Morgan fingerprint density at radius 3 is 2.35 bits per heavy atom. The van der Waals surface area contributed by atoms with Crippen molar-refractivity contribution in [2.75, 3.05) is 32.4 Å². The average molecular weight is 277 g/mol. The van der Waals surface area contributed by atoms with Gasteiger partial charge in [0, 0.05) is 25.8 Å². The van der Waals surface area contributed by atoms with Gasteiger partial charge < -0.3 is 15.5 Å². The summed E-state index contributed by atoms with van der Waals surface area (Å²) in [6.07, 6.45) is 0.257. The van der Waals surface area contributed by atoms with E-state index in [1.165, 1.54) is 4.90 Å². The summed E-state index contributed by atoms with van der Waals surface area (Å²) in [5, 5.41) is 0. The van der Waals surface area contributed by atoms with Crippen LogP contribution in [0, 0.1) is 0 Å². The van der Waals surface area contributed by atoms with E-state index in [2.05, 4.69) is 0 Å². The van der Waals surface area contributed by atoms with E-state index < -0.39 is 0 Å². The molecule has 110 valence electrons. The molecular weight excluding hydrogens is 254 g/mol. The molecular formula is C15H23N3O2. The van der Waals surface area contributed by atoms with Gasteiger partial charge in [-0.15, -0.1) is 0 Å². The summed E-state index contributed by atoms with van der Waals surface area (Å²) < 4.78 is 0. The molecule has 2 amide bonds. The second-order valence-corrected chi connectivity index (χ2v) is 4.74. The molecule has 0 aliphatic heterocycles. The Bertz CT molecular complexity index is 470. The van der Waals surface area contributed by atoms with Crippen LogP contribution in [0.3, 0.4) is 0 Å². The van der Waals surface area contributed by atoms with Crippen molar-refractivity contribution in [2.24, 2.45) is 0 Å². The number of nitrogens with zero attached hydrogens (tertiary/aromatic N) is 2. The first-order valence-corrected chi connectivity index (χ1v) is 6.84. The first-order chi connectivity index (χ1) is 9.47. The minimum absolute atomic E-state index is 0.0292. The highest BCUT2D eigenvalue weighted by Crippen LogP contribution is 2.08. The number of benzene rings is 1. The van der Waals surface area contributed by atoms with E-state index >= 15 is 0 Å². The third kappa shape index (κ3) is 4.57. The Morgan fingerprint density at radius 1 is 1.15 bits per heavy atom. The molecule has 5 nitrogen and oxygen atoms in total. The molecule has 5 heteroatoms. The number of carbonyl (C=O) groups excluding carboxylic acids is 2. The van der Waals surface area contributed by atoms with E-state index in [0.717, 1.165) is 5.56 Å². The Morgan fingerprint density at radius 2 is 1.80 bits per heavy atom. The number of hydrogen-bond acceptors (Lipinski definition) is 3. The zero-order valence-electron chi connectivity index (χ0n) is 12.4. The number of nitrogen functional groups attached to an aromatic ring is 1. The fourth-order valence-electron chi connectivity index (χ4n) is 1.98. The lowest BCUT2D eigenvalue weighted by atomic mass is 10.1. The van der Waals surface area contributed by atoms with E-state index in [0.29, 0.717) is 18.8 Å². The number of nitrogens with two attached hydrogens (primary N) is 1. The van der Waals surface area contributed by atoms with Gasteiger partial charge in [-0.05, 0) is 31.5 Å². The maximum absolute atomic E-state index is 12.1. The van der Waals surface area contributed by atoms with E-state index in [-0.39, 0.29) is 24.8 Å². The van der Waals surface area contributed by atoms with Gasteiger partial charge >= 0.3 is 0 Å². The van der Waals surface area contributed by atoms with Crippen LogP contribution in [0.25, 0.3) is 0 Å². The van der Waals surface area contributed by atoms with Crippen molar-refractivity contribution in [1.82, 2.24) is 9.80 Å². The van der Waals surface area contributed by atoms with Crippen molar-refractivity contribution >= 4 is 17.5 Å². The van der Waals surface area contributed by atoms with Crippen LogP contribution in [-0.4, -0.2) is 48.3 Å². The van der Waals surface area contributed by atoms with Gasteiger partial charge in [0.1, 0.15) is 0 Å². The third-order valence-electron chi connectivity index (χ3n) is 3.22. The molecule has 0 unspecified atom stereocenters. The molecule has 0 aliphatic rings. The summed E-state index contributed by atoms with van der Waals surface area (Å²) in [7, 11) is 1.65. The van der Waals surface area contributed by atoms with Crippen molar-refractivity contribution in [1.29, 1.82) is 0 Å². The van der Waals surface area contributed by atoms with Crippen LogP contribution in [-0.2, 0) is 16.0 Å². The molecule has 1 aromatic carbocycles. The minimum atomic E-state index is -0.0869. The molecule has 0 saturated carbocycles. The second kappa shape index (κ2) is 7.53. The Labute approximate surface area is 120 Å². The predicted octanol–water partition coefficient (Wildman–Crippen LogP) is 1.14. The van der Waals surface area contributed by atoms with Gasteiger partial charge in [0.15, 0.2) is 0 Å². The zero-order valence-corrected chi connectivity index (χ0v) is 12.4. The number of carbonyl (C=O) groups is 2. The molecule has 2 N–H and O–H groups in total. The summed E-state index contributed by atoms with van der Waals surface area (Å²) in [6, 6.07) is 7.23. The average Bonchev–Trinajstić information content (AvgIpc) is 2.40. The van der Waals surface area contributed by atoms with Gasteiger partial charge in [0.2, 0.25) is 11.8 Å². The molecule has 0 bridgehead atoms. The van der Waals surface area contributed by atoms with Crippen LogP contribution in [0.1, 0.15) is 19.4 Å². The Kier molecular flexibility index (Phi) is 6.03. The van der Waals surface area contributed by atoms with Crippen LogP contribution >= 0.6 is 0 Å². The molecule has 0 saturated heterocycles. The highest BCUT2D eigenvalue weighted by Gasteiger charge is 2.16. The molecule has 0 spiro atoms. The van der Waals surface area contributed by atoms with Gasteiger partial charge in [-0.2, -0.15) is 0 Å². The quantitative estimate of drug-likeness (QED) is 0.793. The maximum Gasteiger partial charge on any atom is 0.242 e. The summed E-state index contributed by atoms with van der Waals surface area (Å²) in [4.78, 5) is 27.2. The van der Waals surface area contributed by atoms with Gasteiger partial charge in [0.05, 0.1) is 13.0 Å². The summed E-state index contributed by atoms with van der Waals surface area (Å²) >= 11 is 0. The molecule has 0 aromatic heterocycles. The van der Waals surface area contributed by atoms with Crippen molar-refractivity contribution < 1.29 is 9.59 Å². The monoisotopic (exact) mass is 277 g/mol. The smallest absolute Gasteiger partial charge is 0.242 e. The van der Waals surface area contributed by atoms with Crippen LogP contribution in [0.5, 0.6) is 0 Å². The van der Waals surface area contributed by atoms with Crippen LogP contribution in [0.4, 0.5) is 5.69 Å². The van der Waals surface area contributed by atoms with E-state index in [4.69, 9.17) is 5.73 Å². The topological polar surface area (TPSA) is 66.6 Å². The Balaban J connectivity index is 2.57. The van der Waals surface area contributed by atoms with Gasteiger partial charge in [-0.3, -0.25) is 9.59 Å². The number of anilines is 1. The fraction of sp³-hybridized carbons (Fsp3) is 0.467. The predicted molar refractivity (Wildman–Crippen MR) is 80.1 cm³/mol. The highest BCUT2D eigenvalue weighted by molar-refractivity contribution is 5.85. The number of amides is 2. The summed E-state index contributed by atoms with van der Waals surface area (Å²) in [5.41, 5.74) is 7.18. The number of rotatable bonds is 6. The third-order valence-corrected chi connectivity index (χ3v) is 3.22. The van der Waals surface area contributed by atoms with Gasteiger partial charge in [-0.25, -0.2) is 0 Å². The van der Waals surface area contributed by atoms with Gasteiger partial charge in [0.25, 0.3) is 0 Å². The summed E-state index contributed by atoms with van der Waals surface area (Å²) in [6.45, 7) is 5.29.